The molecule has 0 saturated heterocycles. The highest BCUT2D eigenvalue weighted by Gasteiger charge is 2.08. The number of amides is 1. The van der Waals surface area contributed by atoms with Gasteiger partial charge in [0, 0.05) is 25.1 Å². The lowest BCUT2D eigenvalue weighted by Gasteiger charge is -2.13. The number of allylic oxidation sites excluding steroid dienone is 1. The van der Waals surface area contributed by atoms with E-state index < -0.39 is 0 Å². The van der Waals surface area contributed by atoms with Crippen LogP contribution in [0, 0.1) is 0 Å². The minimum absolute atomic E-state index is 0.142. The predicted octanol–water partition coefficient (Wildman–Crippen LogP) is 3.71. The number of carbonyl (C=O) groups excluding carboxylic acids is 1. The molecule has 0 radical (unpaired) electrons. The maximum Gasteiger partial charge on any atom is 0.253 e. The van der Waals surface area contributed by atoms with E-state index in [0.717, 1.165) is 24.3 Å². The Kier molecular flexibility index (Phi) is 6.15. The largest absolute Gasteiger partial charge is 0.383 e. The molecule has 0 unspecified atom stereocenters. The number of hydrogen-bond donors (Lipinski definition) is 2. The maximum atomic E-state index is 12.3. The molecule has 1 aliphatic rings. The number of pyridine rings is 2. The van der Waals surface area contributed by atoms with Crippen molar-refractivity contribution >= 4 is 11.6 Å². The molecule has 130 valence electrons. The molecule has 3 rings (SSSR count). The number of aromatic nitrogens is 2. The summed E-state index contributed by atoms with van der Waals surface area (Å²) in [6.07, 6.45) is 13.5. The Labute approximate surface area is 148 Å². The summed E-state index contributed by atoms with van der Waals surface area (Å²) in [7, 11) is 0. The van der Waals surface area contributed by atoms with Crippen molar-refractivity contribution in [3.8, 4) is 0 Å². The van der Waals surface area contributed by atoms with Crippen molar-refractivity contribution in [3.63, 3.8) is 0 Å². The second-order valence-electron chi connectivity index (χ2n) is 6.25. The van der Waals surface area contributed by atoms with Gasteiger partial charge in [-0.15, -0.1) is 0 Å². The van der Waals surface area contributed by atoms with Crippen LogP contribution in [0.1, 0.15) is 48.2 Å². The van der Waals surface area contributed by atoms with Crippen LogP contribution in [0.4, 0.5) is 5.69 Å². The Bertz CT molecular complexity index is 727. The molecule has 2 heterocycles. The van der Waals surface area contributed by atoms with Gasteiger partial charge in [-0.2, -0.15) is 0 Å². The monoisotopic (exact) mass is 336 g/mol. The molecule has 0 aromatic carbocycles. The average Bonchev–Trinajstić information content (AvgIpc) is 2.68. The fourth-order valence-corrected chi connectivity index (χ4v) is 2.94. The SMILES string of the molecule is O=C(NCc1ccccn1)c1cncc(NCCC2=CCCCC2)c1. The fourth-order valence-electron chi connectivity index (χ4n) is 2.94. The molecule has 0 spiro atoms. The second-order valence-corrected chi connectivity index (χ2v) is 6.25. The van der Waals surface area contributed by atoms with Crippen LogP contribution in [-0.4, -0.2) is 22.4 Å². The second kappa shape index (κ2) is 8.97. The summed E-state index contributed by atoms with van der Waals surface area (Å²) in [5.74, 6) is -0.142. The molecule has 0 bridgehead atoms. The summed E-state index contributed by atoms with van der Waals surface area (Å²) in [6.45, 7) is 1.28. The van der Waals surface area contributed by atoms with Crippen molar-refractivity contribution in [1.29, 1.82) is 0 Å². The lowest BCUT2D eigenvalue weighted by Crippen LogP contribution is -2.23. The van der Waals surface area contributed by atoms with Gasteiger partial charge in [-0.1, -0.05) is 17.7 Å². The minimum atomic E-state index is -0.142. The van der Waals surface area contributed by atoms with E-state index in [1.165, 1.54) is 31.3 Å². The van der Waals surface area contributed by atoms with Crippen LogP contribution >= 0.6 is 0 Å². The highest BCUT2D eigenvalue weighted by atomic mass is 16.1. The molecule has 25 heavy (non-hydrogen) atoms. The molecular weight excluding hydrogens is 312 g/mol. The summed E-state index contributed by atoms with van der Waals surface area (Å²) in [5.41, 5.74) is 3.80. The van der Waals surface area contributed by atoms with Gasteiger partial charge in [0.15, 0.2) is 0 Å². The quantitative estimate of drug-likeness (QED) is 0.757. The summed E-state index contributed by atoms with van der Waals surface area (Å²) in [6, 6.07) is 7.49. The smallest absolute Gasteiger partial charge is 0.253 e. The van der Waals surface area contributed by atoms with E-state index in [0.29, 0.717) is 12.1 Å². The van der Waals surface area contributed by atoms with Crippen LogP contribution in [0.15, 0.2) is 54.5 Å². The van der Waals surface area contributed by atoms with Gasteiger partial charge >= 0.3 is 0 Å². The Balaban J connectivity index is 1.50. The van der Waals surface area contributed by atoms with Crippen LogP contribution in [0.5, 0.6) is 0 Å². The third kappa shape index (κ3) is 5.41. The van der Waals surface area contributed by atoms with Crippen molar-refractivity contribution < 1.29 is 4.79 Å². The van der Waals surface area contributed by atoms with E-state index in [-0.39, 0.29) is 5.91 Å². The molecule has 2 aromatic heterocycles. The average molecular weight is 336 g/mol. The van der Waals surface area contributed by atoms with E-state index in [1.807, 2.05) is 24.3 Å². The minimum Gasteiger partial charge on any atom is -0.383 e. The first-order valence-electron chi connectivity index (χ1n) is 8.86. The molecule has 5 heteroatoms. The van der Waals surface area contributed by atoms with E-state index in [1.54, 1.807) is 18.6 Å². The van der Waals surface area contributed by atoms with Crippen LogP contribution in [0.25, 0.3) is 0 Å². The van der Waals surface area contributed by atoms with Gasteiger partial charge in [0.25, 0.3) is 5.91 Å². The van der Waals surface area contributed by atoms with Gasteiger partial charge < -0.3 is 10.6 Å². The molecule has 0 fully saturated rings. The first-order valence-corrected chi connectivity index (χ1v) is 8.86. The summed E-state index contributed by atoms with van der Waals surface area (Å²) in [4.78, 5) is 20.6. The normalized spacial score (nSPS) is 13.8. The fraction of sp³-hybridized carbons (Fsp3) is 0.350. The van der Waals surface area contributed by atoms with Crippen molar-refractivity contribution in [3.05, 3.63) is 65.8 Å². The lowest BCUT2D eigenvalue weighted by atomic mass is 9.97. The summed E-state index contributed by atoms with van der Waals surface area (Å²) >= 11 is 0. The molecular formula is C20H24N4O. The Morgan fingerprint density at radius 2 is 2.16 bits per heavy atom. The van der Waals surface area contributed by atoms with Crippen LogP contribution in [0.3, 0.4) is 0 Å². The molecule has 0 saturated carbocycles. The highest BCUT2D eigenvalue weighted by Crippen LogP contribution is 2.20. The molecule has 1 amide bonds. The highest BCUT2D eigenvalue weighted by molar-refractivity contribution is 5.94. The van der Waals surface area contributed by atoms with Crippen molar-refractivity contribution in [2.45, 2.75) is 38.6 Å². The van der Waals surface area contributed by atoms with Crippen LogP contribution < -0.4 is 10.6 Å². The van der Waals surface area contributed by atoms with Gasteiger partial charge in [-0.05, 0) is 50.3 Å². The Morgan fingerprint density at radius 1 is 1.20 bits per heavy atom. The van der Waals surface area contributed by atoms with Gasteiger partial charge in [0.05, 0.1) is 23.5 Å². The van der Waals surface area contributed by atoms with Crippen LogP contribution in [0.2, 0.25) is 0 Å². The van der Waals surface area contributed by atoms with Crippen molar-refractivity contribution in [2.24, 2.45) is 0 Å². The maximum absolute atomic E-state index is 12.3. The molecule has 5 nitrogen and oxygen atoms in total. The Morgan fingerprint density at radius 3 is 2.96 bits per heavy atom. The molecule has 1 aliphatic carbocycles. The number of anilines is 1. The number of hydrogen-bond acceptors (Lipinski definition) is 4. The van der Waals surface area contributed by atoms with Crippen molar-refractivity contribution in [2.75, 3.05) is 11.9 Å². The van der Waals surface area contributed by atoms with Gasteiger partial charge in [0.2, 0.25) is 0 Å². The third-order valence-corrected chi connectivity index (χ3v) is 4.32. The van der Waals surface area contributed by atoms with Gasteiger partial charge in [-0.25, -0.2) is 0 Å². The number of nitrogens with zero attached hydrogens (tertiary/aromatic N) is 2. The van der Waals surface area contributed by atoms with Gasteiger partial charge in [0.1, 0.15) is 0 Å². The topological polar surface area (TPSA) is 66.9 Å². The molecule has 2 N–H and O–H groups in total. The van der Waals surface area contributed by atoms with Gasteiger partial charge in [-0.3, -0.25) is 14.8 Å². The first-order chi connectivity index (χ1) is 12.3. The zero-order chi connectivity index (χ0) is 17.3. The first kappa shape index (κ1) is 17.1. The van der Waals surface area contributed by atoms with E-state index in [9.17, 15) is 4.79 Å². The van der Waals surface area contributed by atoms with E-state index >= 15 is 0 Å². The van der Waals surface area contributed by atoms with E-state index in [2.05, 4.69) is 26.7 Å². The number of carbonyl (C=O) groups is 1. The van der Waals surface area contributed by atoms with Crippen molar-refractivity contribution in [1.82, 2.24) is 15.3 Å². The summed E-state index contributed by atoms with van der Waals surface area (Å²) in [5, 5.41) is 6.24. The zero-order valence-electron chi connectivity index (χ0n) is 14.4. The number of rotatable bonds is 7. The molecule has 0 aliphatic heterocycles. The lowest BCUT2D eigenvalue weighted by molar-refractivity contribution is 0.0950. The van der Waals surface area contributed by atoms with Crippen LogP contribution in [-0.2, 0) is 6.54 Å². The zero-order valence-corrected chi connectivity index (χ0v) is 14.4. The summed E-state index contributed by atoms with van der Waals surface area (Å²) < 4.78 is 0. The third-order valence-electron chi connectivity index (χ3n) is 4.32. The number of nitrogens with one attached hydrogen (secondary N) is 2. The molecule has 0 atom stereocenters. The Hall–Kier alpha value is -2.69. The van der Waals surface area contributed by atoms with E-state index in [4.69, 9.17) is 0 Å². The molecule has 2 aromatic rings. The predicted molar refractivity (Wildman–Crippen MR) is 99.3 cm³/mol. The standard InChI is InChI=1S/C20H24N4O/c25-20(24-15-18-8-4-5-10-22-18)17-12-19(14-21-13-17)23-11-9-16-6-2-1-3-7-16/h4-6,8,10,12-14,23H,1-3,7,9,11,15H2,(H,24,25).